The molecule has 0 aliphatic rings. The molecule has 0 heterocycles. The number of amides is 1. The number of ether oxygens (including phenoxy) is 1. The molecule has 0 atom stereocenters. The van der Waals surface area contributed by atoms with E-state index in [-0.39, 0.29) is 18.1 Å². The second-order valence-corrected chi connectivity index (χ2v) is 6.60. The van der Waals surface area contributed by atoms with Crippen LogP contribution in [0.5, 0.6) is 5.75 Å². The minimum Gasteiger partial charge on any atom is -0.497 e. The van der Waals surface area contributed by atoms with Gasteiger partial charge in [0.2, 0.25) is 5.91 Å². The Morgan fingerprint density at radius 2 is 1.90 bits per heavy atom. The number of carbonyl (C=O) groups excluding carboxylic acids is 1. The summed E-state index contributed by atoms with van der Waals surface area (Å²) < 4.78 is 18.4. The highest BCUT2D eigenvalue weighted by atomic mass is 19.1. The molecular formula is C22H29FN4O2. The molecule has 0 aromatic heterocycles. The van der Waals surface area contributed by atoms with Crippen LogP contribution in [-0.2, 0) is 17.8 Å². The molecule has 29 heavy (non-hydrogen) atoms. The number of nitrogens with one attached hydrogen (secondary N) is 2. The lowest BCUT2D eigenvalue weighted by molar-refractivity contribution is -0.120. The summed E-state index contributed by atoms with van der Waals surface area (Å²) in [5.41, 5.74) is 1.79. The van der Waals surface area contributed by atoms with Crippen LogP contribution in [-0.4, -0.2) is 50.6 Å². The topological polar surface area (TPSA) is 66.0 Å². The summed E-state index contributed by atoms with van der Waals surface area (Å²) in [4.78, 5) is 18.6. The van der Waals surface area contributed by atoms with E-state index in [0.29, 0.717) is 25.2 Å². The maximum Gasteiger partial charge on any atom is 0.224 e. The van der Waals surface area contributed by atoms with Gasteiger partial charge in [-0.15, -0.1) is 0 Å². The molecule has 1 amide bonds. The number of carbonyl (C=O) groups is 1. The van der Waals surface area contributed by atoms with Crippen molar-refractivity contribution in [2.75, 3.05) is 33.8 Å². The molecule has 0 saturated carbocycles. The van der Waals surface area contributed by atoms with Crippen LogP contribution in [0.1, 0.15) is 18.1 Å². The predicted octanol–water partition coefficient (Wildman–Crippen LogP) is 2.59. The normalized spacial score (nSPS) is 11.1. The monoisotopic (exact) mass is 400 g/mol. The van der Waals surface area contributed by atoms with E-state index in [9.17, 15) is 9.18 Å². The molecule has 0 unspecified atom stereocenters. The van der Waals surface area contributed by atoms with E-state index < -0.39 is 0 Å². The number of hydrogen-bond acceptors (Lipinski definition) is 3. The fourth-order valence-corrected chi connectivity index (χ4v) is 2.80. The Kier molecular flexibility index (Phi) is 8.95. The first-order valence-electron chi connectivity index (χ1n) is 9.65. The minimum atomic E-state index is -0.338. The first-order valence-corrected chi connectivity index (χ1v) is 9.65. The van der Waals surface area contributed by atoms with Gasteiger partial charge in [0.15, 0.2) is 5.96 Å². The van der Waals surface area contributed by atoms with E-state index in [1.165, 1.54) is 12.1 Å². The average Bonchev–Trinajstić information content (AvgIpc) is 2.71. The number of hydrogen-bond donors (Lipinski definition) is 2. The number of guanidine groups is 1. The van der Waals surface area contributed by atoms with E-state index in [1.54, 1.807) is 19.2 Å². The third-order valence-corrected chi connectivity index (χ3v) is 4.22. The summed E-state index contributed by atoms with van der Waals surface area (Å²) in [5, 5.41) is 6.08. The molecule has 0 fully saturated rings. The van der Waals surface area contributed by atoms with Gasteiger partial charge in [-0.2, -0.15) is 0 Å². The van der Waals surface area contributed by atoms with E-state index in [1.807, 2.05) is 43.1 Å². The van der Waals surface area contributed by atoms with Gasteiger partial charge in [0, 0.05) is 26.7 Å². The van der Waals surface area contributed by atoms with Crippen LogP contribution in [0.4, 0.5) is 4.39 Å². The number of methoxy groups -OCH3 is 1. The van der Waals surface area contributed by atoms with E-state index in [4.69, 9.17) is 4.74 Å². The van der Waals surface area contributed by atoms with Crippen molar-refractivity contribution in [2.45, 2.75) is 19.9 Å². The number of nitrogens with zero attached hydrogens (tertiary/aromatic N) is 2. The summed E-state index contributed by atoms with van der Waals surface area (Å²) >= 11 is 0. The number of halogens is 1. The Bertz CT molecular complexity index is 809. The van der Waals surface area contributed by atoms with Crippen molar-refractivity contribution in [1.82, 2.24) is 15.5 Å². The summed E-state index contributed by atoms with van der Waals surface area (Å²) in [6.07, 6.45) is 0.152. The van der Waals surface area contributed by atoms with Crippen molar-refractivity contribution in [3.8, 4) is 5.75 Å². The van der Waals surface area contributed by atoms with Crippen molar-refractivity contribution >= 4 is 11.9 Å². The molecule has 6 nitrogen and oxygen atoms in total. The Morgan fingerprint density at radius 1 is 1.14 bits per heavy atom. The highest BCUT2D eigenvalue weighted by molar-refractivity contribution is 5.80. The van der Waals surface area contributed by atoms with Crippen LogP contribution in [0.25, 0.3) is 0 Å². The van der Waals surface area contributed by atoms with Gasteiger partial charge in [0.1, 0.15) is 11.6 Å². The zero-order valence-corrected chi connectivity index (χ0v) is 17.2. The zero-order valence-electron chi connectivity index (χ0n) is 17.2. The van der Waals surface area contributed by atoms with Crippen LogP contribution in [0.15, 0.2) is 53.5 Å². The molecular weight excluding hydrogens is 371 g/mol. The Morgan fingerprint density at radius 3 is 2.55 bits per heavy atom. The van der Waals surface area contributed by atoms with Gasteiger partial charge < -0.3 is 20.3 Å². The Balaban J connectivity index is 1.83. The fourth-order valence-electron chi connectivity index (χ4n) is 2.80. The van der Waals surface area contributed by atoms with Crippen LogP contribution < -0.4 is 15.4 Å². The standard InChI is InChI=1S/C22H29FN4O2/c1-4-24-22(27(2)16-17-8-10-20(29-3)11-9-17)26-13-12-25-21(28)15-18-6-5-7-19(23)14-18/h5-11,14H,4,12-13,15-16H2,1-3H3,(H,24,26)(H,25,28). The lowest BCUT2D eigenvalue weighted by atomic mass is 10.1. The molecule has 156 valence electrons. The maximum absolute atomic E-state index is 13.2. The average molecular weight is 400 g/mol. The number of rotatable bonds is 9. The van der Waals surface area contributed by atoms with Gasteiger partial charge >= 0.3 is 0 Å². The molecule has 2 aromatic rings. The number of aliphatic imine (C=N–C) groups is 1. The first-order chi connectivity index (χ1) is 14.0. The third kappa shape index (κ3) is 7.81. The van der Waals surface area contributed by atoms with Crippen LogP contribution in [0, 0.1) is 5.82 Å². The highest BCUT2D eigenvalue weighted by Gasteiger charge is 2.07. The molecule has 0 radical (unpaired) electrons. The molecule has 0 aliphatic heterocycles. The van der Waals surface area contributed by atoms with Gasteiger partial charge in [0.25, 0.3) is 0 Å². The van der Waals surface area contributed by atoms with Gasteiger partial charge in [0.05, 0.1) is 20.1 Å². The summed E-state index contributed by atoms with van der Waals surface area (Å²) in [6, 6.07) is 14.0. The molecule has 2 N–H and O–H groups in total. The second-order valence-electron chi connectivity index (χ2n) is 6.60. The summed E-state index contributed by atoms with van der Waals surface area (Å²) in [6.45, 7) is 4.32. The van der Waals surface area contributed by atoms with Crippen LogP contribution in [0.2, 0.25) is 0 Å². The zero-order chi connectivity index (χ0) is 21.1. The molecule has 7 heteroatoms. The van der Waals surface area contributed by atoms with Crippen molar-refractivity contribution in [3.05, 3.63) is 65.5 Å². The predicted molar refractivity (Wildman–Crippen MR) is 114 cm³/mol. The van der Waals surface area contributed by atoms with Crippen LogP contribution >= 0.6 is 0 Å². The SMILES string of the molecule is CCNC(=NCCNC(=O)Cc1cccc(F)c1)N(C)Cc1ccc(OC)cc1. The molecule has 0 aliphatic carbocycles. The van der Waals surface area contributed by atoms with E-state index in [0.717, 1.165) is 23.8 Å². The van der Waals surface area contributed by atoms with Gasteiger partial charge in [-0.3, -0.25) is 9.79 Å². The quantitative estimate of drug-likeness (QED) is 0.386. The lowest BCUT2D eigenvalue weighted by Crippen LogP contribution is -2.39. The minimum absolute atomic E-state index is 0.151. The third-order valence-electron chi connectivity index (χ3n) is 4.22. The highest BCUT2D eigenvalue weighted by Crippen LogP contribution is 2.12. The summed E-state index contributed by atoms with van der Waals surface area (Å²) in [7, 11) is 3.61. The number of benzene rings is 2. The molecule has 0 saturated heterocycles. The second kappa shape index (κ2) is 11.7. The molecule has 2 rings (SSSR count). The van der Waals surface area contributed by atoms with Crippen molar-refractivity contribution in [1.29, 1.82) is 0 Å². The van der Waals surface area contributed by atoms with Crippen molar-refractivity contribution in [2.24, 2.45) is 4.99 Å². The van der Waals surface area contributed by atoms with Crippen LogP contribution in [0.3, 0.4) is 0 Å². The molecule has 0 spiro atoms. The fraction of sp³-hybridized carbons (Fsp3) is 0.364. The molecule has 0 bridgehead atoms. The Labute approximate surface area is 171 Å². The van der Waals surface area contributed by atoms with E-state index in [2.05, 4.69) is 15.6 Å². The Hall–Kier alpha value is -3.09. The van der Waals surface area contributed by atoms with Crippen molar-refractivity contribution in [3.63, 3.8) is 0 Å². The lowest BCUT2D eigenvalue weighted by Gasteiger charge is -2.22. The largest absolute Gasteiger partial charge is 0.497 e. The first kappa shape index (κ1) is 22.2. The molecule has 2 aromatic carbocycles. The maximum atomic E-state index is 13.2. The van der Waals surface area contributed by atoms with Gasteiger partial charge in [-0.05, 0) is 42.3 Å². The van der Waals surface area contributed by atoms with Gasteiger partial charge in [-0.25, -0.2) is 4.39 Å². The van der Waals surface area contributed by atoms with Gasteiger partial charge in [-0.1, -0.05) is 24.3 Å². The van der Waals surface area contributed by atoms with Crippen molar-refractivity contribution < 1.29 is 13.9 Å². The smallest absolute Gasteiger partial charge is 0.224 e. The van der Waals surface area contributed by atoms with E-state index >= 15 is 0 Å². The summed E-state index contributed by atoms with van der Waals surface area (Å²) in [5.74, 6) is 1.10.